The molecule has 0 unspecified atom stereocenters. The minimum absolute atomic E-state index is 0.101. The molecular weight excluding hydrogens is 414 g/mol. The third-order valence-corrected chi connectivity index (χ3v) is 6.55. The molecule has 0 saturated carbocycles. The van der Waals surface area contributed by atoms with Crippen LogP contribution < -0.4 is 10.0 Å². The normalized spacial score (nSPS) is 12.6. The first-order chi connectivity index (χ1) is 15.0. The average Bonchev–Trinajstić information content (AvgIpc) is 3.19. The van der Waals surface area contributed by atoms with Crippen LogP contribution in [0.25, 0.3) is 21.7 Å². The van der Waals surface area contributed by atoms with Crippen LogP contribution in [0, 0.1) is 0 Å². The molecule has 1 atom stereocenters. The zero-order valence-corrected chi connectivity index (χ0v) is 17.4. The predicted molar refractivity (Wildman–Crippen MR) is 119 cm³/mol. The number of rotatable bonds is 8. The molecule has 0 saturated heterocycles. The van der Waals surface area contributed by atoms with Gasteiger partial charge in [0.2, 0.25) is 15.9 Å². The Morgan fingerprint density at radius 1 is 0.968 bits per heavy atom. The van der Waals surface area contributed by atoms with E-state index < -0.39 is 28.5 Å². The fourth-order valence-electron chi connectivity index (χ4n) is 3.60. The molecule has 0 aliphatic heterocycles. The number of aldehydes is 1. The van der Waals surface area contributed by atoms with Crippen LogP contribution in [0.5, 0.6) is 0 Å². The minimum atomic E-state index is -3.91. The number of amides is 1. The highest BCUT2D eigenvalue weighted by atomic mass is 32.2. The first-order valence-corrected chi connectivity index (χ1v) is 11.2. The summed E-state index contributed by atoms with van der Waals surface area (Å²) < 4.78 is 27.8. The Kier molecular flexibility index (Phi) is 5.83. The lowest BCUT2D eigenvalue weighted by Gasteiger charge is -2.14. The number of nitrogens with one attached hydrogen (secondary N) is 3. The van der Waals surface area contributed by atoms with Crippen molar-refractivity contribution >= 4 is 43.9 Å². The Morgan fingerprint density at radius 2 is 1.68 bits per heavy atom. The third kappa shape index (κ3) is 4.50. The molecule has 4 aromatic rings. The van der Waals surface area contributed by atoms with E-state index in [0.29, 0.717) is 18.1 Å². The van der Waals surface area contributed by atoms with Crippen molar-refractivity contribution in [3.05, 3.63) is 78.5 Å². The molecule has 31 heavy (non-hydrogen) atoms. The SMILES string of the molecule is O=C[C@H](Cc1c[nH]c2ccccc12)NC(=O)CNS(=O)(=O)c1cccc2ccccc12. The molecule has 0 spiro atoms. The molecular formula is C23H21N3O4S. The summed E-state index contributed by atoms with van der Waals surface area (Å²) in [6.45, 7) is -0.468. The molecule has 7 nitrogen and oxygen atoms in total. The lowest BCUT2D eigenvalue weighted by molar-refractivity contribution is -0.123. The van der Waals surface area contributed by atoms with Gasteiger partial charge in [-0.3, -0.25) is 4.79 Å². The number of carbonyl (C=O) groups excluding carboxylic acids is 2. The molecule has 158 valence electrons. The van der Waals surface area contributed by atoms with Crippen LogP contribution in [-0.4, -0.2) is 38.2 Å². The maximum absolute atomic E-state index is 12.7. The van der Waals surface area contributed by atoms with E-state index in [-0.39, 0.29) is 4.90 Å². The van der Waals surface area contributed by atoms with Gasteiger partial charge in [0, 0.05) is 28.9 Å². The topological polar surface area (TPSA) is 108 Å². The number of fused-ring (bicyclic) bond motifs is 2. The highest BCUT2D eigenvalue weighted by molar-refractivity contribution is 7.89. The van der Waals surface area contributed by atoms with Crippen molar-refractivity contribution < 1.29 is 18.0 Å². The number of H-pyrrole nitrogens is 1. The summed E-state index contributed by atoms with van der Waals surface area (Å²) in [5, 5.41) is 4.91. The summed E-state index contributed by atoms with van der Waals surface area (Å²) in [7, 11) is -3.91. The molecule has 0 bridgehead atoms. The summed E-state index contributed by atoms with van der Waals surface area (Å²) in [5.74, 6) is -0.583. The third-order valence-electron chi connectivity index (χ3n) is 5.09. The minimum Gasteiger partial charge on any atom is -0.361 e. The standard InChI is InChI=1S/C23H21N3O4S/c27-15-18(12-17-13-24-21-10-4-3-8-19(17)21)26-23(28)14-25-31(29,30)22-11-5-7-16-6-1-2-9-20(16)22/h1-11,13,15,18,24-25H,12,14H2,(H,26,28)/t18-/m0/s1. The van der Waals surface area contributed by atoms with Gasteiger partial charge < -0.3 is 15.1 Å². The average molecular weight is 436 g/mol. The lowest BCUT2D eigenvalue weighted by atomic mass is 10.1. The van der Waals surface area contributed by atoms with E-state index in [1.165, 1.54) is 6.07 Å². The maximum atomic E-state index is 12.7. The zero-order chi connectivity index (χ0) is 21.8. The van der Waals surface area contributed by atoms with E-state index in [0.717, 1.165) is 21.9 Å². The van der Waals surface area contributed by atoms with Crippen molar-refractivity contribution in [3.8, 4) is 0 Å². The van der Waals surface area contributed by atoms with Crippen LogP contribution in [0.4, 0.5) is 0 Å². The summed E-state index contributed by atoms with van der Waals surface area (Å²) >= 11 is 0. The molecule has 3 N–H and O–H groups in total. The van der Waals surface area contributed by atoms with Crippen molar-refractivity contribution in [2.45, 2.75) is 17.4 Å². The molecule has 1 aromatic heterocycles. The smallest absolute Gasteiger partial charge is 0.241 e. The second-order valence-corrected chi connectivity index (χ2v) is 8.91. The number of hydrogen-bond acceptors (Lipinski definition) is 4. The van der Waals surface area contributed by atoms with Gasteiger partial charge in [-0.05, 0) is 23.1 Å². The molecule has 0 aliphatic carbocycles. The van der Waals surface area contributed by atoms with Crippen molar-refractivity contribution in [2.24, 2.45) is 0 Å². The fourth-order valence-corrected chi connectivity index (χ4v) is 4.81. The Bertz CT molecular complexity index is 1360. The highest BCUT2D eigenvalue weighted by Gasteiger charge is 2.20. The zero-order valence-electron chi connectivity index (χ0n) is 16.5. The summed E-state index contributed by atoms with van der Waals surface area (Å²) in [6.07, 6.45) is 2.75. The largest absolute Gasteiger partial charge is 0.361 e. The van der Waals surface area contributed by atoms with Gasteiger partial charge in [-0.1, -0.05) is 54.6 Å². The quantitative estimate of drug-likeness (QED) is 0.370. The molecule has 8 heteroatoms. The van der Waals surface area contributed by atoms with Crippen molar-refractivity contribution in [2.75, 3.05) is 6.54 Å². The van der Waals surface area contributed by atoms with E-state index in [1.54, 1.807) is 24.4 Å². The summed E-state index contributed by atoms with van der Waals surface area (Å²) in [6, 6.07) is 19.0. The van der Waals surface area contributed by atoms with Gasteiger partial charge in [-0.2, -0.15) is 0 Å². The fraction of sp³-hybridized carbons (Fsp3) is 0.130. The summed E-state index contributed by atoms with van der Waals surface area (Å²) in [5.41, 5.74) is 1.83. The van der Waals surface area contributed by atoms with Crippen LogP contribution in [0.1, 0.15) is 5.56 Å². The van der Waals surface area contributed by atoms with E-state index in [9.17, 15) is 18.0 Å². The van der Waals surface area contributed by atoms with Gasteiger partial charge in [0.25, 0.3) is 0 Å². The number of aromatic nitrogens is 1. The molecule has 1 amide bonds. The first-order valence-electron chi connectivity index (χ1n) is 9.75. The first kappa shape index (κ1) is 20.8. The predicted octanol–water partition coefficient (Wildman–Crippen LogP) is 2.53. The molecule has 0 fully saturated rings. The van der Waals surface area contributed by atoms with E-state index in [4.69, 9.17) is 0 Å². The second-order valence-electron chi connectivity index (χ2n) is 7.18. The van der Waals surface area contributed by atoms with Crippen molar-refractivity contribution in [1.29, 1.82) is 0 Å². The monoisotopic (exact) mass is 435 g/mol. The Balaban J connectivity index is 1.42. The lowest BCUT2D eigenvalue weighted by Crippen LogP contribution is -2.43. The summed E-state index contributed by atoms with van der Waals surface area (Å²) in [4.78, 5) is 27.1. The van der Waals surface area contributed by atoms with Gasteiger partial charge in [-0.15, -0.1) is 0 Å². The molecule has 3 aromatic carbocycles. The second kappa shape index (κ2) is 8.71. The molecule has 4 rings (SSSR count). The Morgan fingerprint density at radius 3 is 2.48 bits per heavy atom. The van der Waals surface area contributed by atoms with Crippen molar-refractivity contribution in [3.63, 3.8) is 0 Å². The van der Waals surface area contributed by atoms with Crippen LogP contribution in [0.15, 0.2) is 77.8 Å². The van der Waals surface area contributed by atoms with Crippen LogP contribution in [-0.2, 0) is 26.0 Å². The molecule has 1 heterocycles. The van der Waals surface area contributed by atoms with Crippen molar-refractivity contribution in [1.82, 2.24) is 15.0 Å². The Hall–Kier alpha value is -3.49. The van der Waals surface area contributed by atoms with Gasteiger partial charge >= 0.3 is 0 Å². The number of aromatic amines is 1. The van der Waals surface area contributed by atoms with E-state index in [2.05, 4.69) is 15.0 Å². The van der Waals surface area contributed by atoms with Gasteiger partial charge in [0.1, 0.15) is 6.29 Å². The molecule has 0 aliphatic rings. The van der Waals surface area contributed by atoms with E-state index in [1.807, 2.05) is 42.5 Å². The number of sulfonamides is 1. The molecule has 0 radical (unpaired) electrons. The van der Waals surface area contributed by atoms with Crippen LogP contribution in [0.2, 0.25) is 0 Å². The number of hydrogen-bond donors (Lipinski definition) is 3. The van der Waals surface area contributed by atoms with Gasteiger partial charge in [-0.25, -0.2) is 13.1 Å². The van der Waals surface area contributed by atoms with Gasteiger partial charge in [0.05, 0.1) is 17.5 Å². The Labute approximate surface area is 179 Å². The van der Waals surface area contributed by atoms with Gasteiger partial charge in [0.15, 0.2) is 0 Å². The van der Waals surface area contributed by atoms with Crippen LogP contribution in [0.3, 0.4) is 0 Å². The number of benzene rings is 3. The highest BCUT2D eigenvalue weighted by Crippen LogP contribution is 2.22. The number of para-hydroxylation sites is 1. The number of carbonyl (C=O) groups is 2. The maximum Gasteiger partial charge on any atom is 0.241 e. The van der Waals surface area contributed by atoms with E-state index >= 15 is 0 Å². The van der Waals surface area contributed by atoms with Crippen LogP contribution >= 0.6 is 0 Å².